The highest BCUT2D eigenvalue weighted by Gasteiger charge is 2.22. The molecule has 1 atom stereocenters. The largest absolute Gasteiger partial charge is 0.480 e. The van der Waals surface area contributed by atoms with E-state index in [1.54, 1.807) is 36.4 Å². The molecule has 7 heteroatoms. The van der Waals surface area contributed by atoms with Crippen LogP contribution in [0.1, 0.15) is 27.0 Å². The van der Waals surface area contributed by atoms with Gasteiger partial charge in [0.2, 0.25) is 0 Å². The zero-order valence-corrected chi connectivity index (χ0v) is 18.6. The van der Waals surface area contributed by atoms with Gasteiger partial charge in [-0.3, -0.25) is 10.1 Å². The molecular weight excluding hydrogens is 432 g/mol. The predicted molar refractivity (Wildman–Crippen MR) is 130 cm³/mol. The maximum absolute atomic E-state index is 13.0. The highest BCUT2D eigenvalue weighted by Crippen LogP contribution is 2.16. The highest BCUT2D eigenvalue weighted by atomic mass is 16.5. The zero-order chi connectivity index (χ0) is 24.3. The monoisotopic (exact) mass is 458 g/mol. The zero-order valence-electron chi connectivity index (χ0n) is 18.6. The summed E-state index contributed by atoms with van der Waals surface area (Å²) in [5.41, 5.74) is 3.50. The molecule has 0 fully saturated rings. The molecule has 0 bridgehead atoms. The van der Waals surface area contributed by atoms with E-state index < -0.39 is 24.0 Å². The van der Waals surface area contributed by atoms with Crippen LogP contribution in [0.2, 0.25) is 0 Å². The standard InChI is InChI=1S/C27H26N2O5/c1-2-16-34-27(33)28-22-14-12-20(13-15-22)18-24(26(31)32)29-25(30)23-11-7-6-10-21(23)17-19-8-4-3-5-9-19/h2-15,24H,1,16-18H2,(H,28,33)(H,29,30)(H,31,32). The number of hydrogen-bond donors (Lipinski definition) is 3. The fraction of sp³-hybridized carbons (Fsp3) is 0.148. The van der Waals surface area contributed by atoms with Crippen molar-refractivity contribution in [1.82, 2.24) is 5.32 Å². The van der Waals surface area contributed by atoms with Crippen LogP contribution in [0.5, 0.6) is 0 Å². The van der Waals surface area contributed by atoms with E-state index in [1.165, 1.54) is 6.08 Å². The molecule has 0 heterocycles. The van der Waals surface area contributed by atoms with E-state index >= 15 is 0 Å². The molecule has 2 amide bonds. The number of nitrogens with one attached hydrogen (secondary N) is 2. The van der Waals surface area contributed by atoms with E-state index in [9.17, 15) is 19.5 Å². The third kappa shape index (κ3) is 7.06. The number of aliphatic carboxylic acids is 1. The molecule has 0 saturated carbocycles. The lowest BCUT2D eigenvalue weighted by Crippen LogP contribution is -2.42. The number of benzene rings is 3. The summed E-state index contributed by atoms with van der Waals surface area (Å²) in [5, 5.41) is 14.9. The van der Waals surface area contributed by atoms with Gasteiger partial charge in [0.1, 0.15) is 12.6 Å². The van der Waals surface area contributed by atoms with Crippen LogP contribution in [0.4, 0.5) is 10.5 Å². The number of carboxylic acids is 1. The molecule has 1 unspecified atom stereocenters. The van der Waals surface area contributed by atoms with Gasteiger partial charge in [0.05, 0.1) is 0 Å². The van der Waals surface area contributed by atoms with Crippen molar-refractivity contribution in [1.29, 1.82) is 0 Å². The first-order valence-electron chi connectivity index (χ1n) is 10.8. The van der Waals surface area contributed by atoms with Crippen LogP contribution < -0.4 is 10.6 Å². The maximum atomic E-state index is 13.0. The predicted octanol–water partition coefficient (Wildman–Crippen LogP) is 4.44. The Hall–Kier alpha value is -4.39. The van der Waals surface area contributed by atoms with E-state index in [-0.39, 0.29) is 13.0 Å². The molecule has 0 aromatic heterocycles. The Morgan fingerprint density at radius 1 is 0.912 bits per heavy atom. The van der Waals surface area contributed by atoms with Gasteiger partial charge in [0, 0.05) is 17.7 Å². The van der Waals surface area contributed by atoms with Gasteiger partial charge in [-0.1, -0.05) is 73.3 Å². The number of carbonyl (C=O) groups excluding carboxylic acids is 2. The molecule has 0 aliphatic carbocycles. The Morgan fingerprint density at radius 2 is 1.59 bits per heavy atom. The Balaban J connectivity index is 1.67. The minimum absolute atomic E-state index is 0.0864. The normalized spacial score (nSPS) is 11.2. The van der Waals surface area contributed by atoms with Gasteiger partial charge in [0.15, 0.2) is 0 Å². The van der Waals surface area contributed by atoms with Gasteiger partial charge in [-0.15, -0.1) is 0 Å². The number of rotatable bonds is 10. The first-order valence-corrected chi connectivity index (χ1v) is 10.8. The van der Waals surface area contributed by atoms with Crippen molar-refractivity contribution in [2.45, 2.75) is 18.9 Å². The van der Waals surface area contributed by atoms with E-state index in [0.717, 1.165) is 11.1 Å². The summed E-state index contributed by atoms with van der Waals surface area (Å²) in [4.78, 5) is 36.5. The van der Waals surface area contributed by atoms with Crippen molar-refractivity contribution in [2.75, 3.05) is 11.9 Å². The summed E-state index contributed by atoms with van der Waals surface area (Å²) in [7, 11) is 0. The van der Waals surface area contributed by atoms with Crippen molar-refractivity contribution in [2.24, 2.45) is 0 Å². The summed E-state index contributed by atoms with van der Waals surface area (Å²) in [5.74, 6) is -1.58. The number of hydrogen-bond acceptors (Lipinski definition) is 4. The number of carbonyl (C=O) groups is 3. The first kappa shape index (κ1) is 24.3. The van der Waals surface area contributed by atoms with Crippen LogP contribution >= 0.6 is 0 Å². The third-order valence-electron chi connectivity index (χ3n) is 5.08. The molecule has 34 heavy (non-hydrogen) atoms. The molecule has 0 spiro atoms. The molecule has 174 valence electrons. The molecule has 7 nitrogen and oxygen atoms in total. The molecule has 0 saturated heterocycles. The average Bonchev–Trinajstić information content (AvgIpc) is 2.84. The molecule has 3 aromatic rings. The van der Waals surface area contributed by atoms with Crippen molar-refractivity contribution in [3.63, 3.8) is 0 Å². The van der Waals surface area contributed by atoms with Gasteiger partial charge in [0.25, 0.3) is 5.91 Å². The van der Waals surface area contributed by atoms with E-state index in [4.69, 9.17) is 4.74 Å². The lowest BCUT2D eigenvalue weighted by Gasteiger charge is -2.17. The summed E-state index contributed by atoms with van der Waals surface area (Å²) < 4.78 is 4.86. The van der Waals surface area contributed by atoms with E-state index in [2.05, 4.69) is 17.2 Å². The van der Waals surface area contributed by atoms with Gasteiger partial charge in [-0.2, -0.15) is 0 Å². The average molecular weight is 459 g/mol. The van der Waals surface area contributed by atoms with Crippen molar-refractivity contribution in [3.8, 4) is 0 Å². The Bertz CT molecular complexity index is 1140. The van der Waals surface area contributed by atoms with E-state index in [0.29, 0.717) is 23.2 Å². The van der Waals surface area contributed by atoms with Crippen LogP contribution in [-0.4, -0.2) is 35.7 Å². The first-order chi connectivity index (χ1) is 16.5. The van der Waals surface area contributed by atoms with Gasteiger partial charge >= 0.3 is 12.1 Å². The lowest BCUT2D eigenvalue weighted by molar-refractivity contribution is -0.139. The third-order valence-corrected chi connectivity index (χ3v) is 5.08. The smallest absolute Gasteiger partial charge is 0.411 e. The quantitative estimate of drug-likeness (QED) is 0.390. The molecule has 0 aliphatic heterocycles. The van der Waals surface area contributed by atoms with Crippen LogP contribution in [0.25, 0.3) is 0 Å². The molecule has 0 radical (unpaired) electrons. The topological polar surface area (TPSA) is 105 Å². The second-order valence-corrected chi connectivity index (χ2v) is 7.60. The highest BCUT2D eigenvalue weighted by molar-refractivity contribution is 5.98. The number of amides is 2. The number of ether oxygens (including phenoxy) is 1. The van der Waals surface area contributed by atoms with Crippen LogP contribution in [-0.2, 0) is 22.4 Å². The Kier molecular flexibility index (Phi) is 8.57. The summed E-state index contributed by atoms with van der Waals surface area (Å²) >= 11 is 0. The summed E-state index contributed by atoms with van der Waals surface area (Å²) in [6.07, 6.45) is 1.50. The maximum Gasteiger partial charge on any atom is 0.411 e. The van der Waals surface area contributed by atoms with E-state index in [1.807, 2.05) is 42.5 Å². The molecule has 3 N–H and O–H groups in total. The van der Waals surface area contributed by atoms with Gasteiger partial charge in [-0.25, -0.2) is 9.59 Å². The minimum atomic E-state index is -1.14. The van der Waals surface area contributed by atoms with Crippen molar-refractivity contribution >= 4 is 23.7 Å². The Morgan fingerprint density at radius 3 is 2.26 bits per heavy atom. The summed E-state index contributed by atoms with van der Waals surface area (Å²) in [6.45, 7) is 3.57. The molecule has 3 aromatic carbocycles. The fourth-order valence-electron chi connectivity index (χ4n) is 3.40. The Labute approximate surface area is 198 Å². The van der Waals surface area contributed by atoms with Crippen LogP contribution in [0.15, 0.2) is 91.5 Å². The molecular formula is C27H26N2O5. The second kappa shape index (κ2) is 12.0. The molecule has 0 aliphatic rings. The van der Waals surface area contributed by atoms with Gasteiger partial charge < -0.3 is 15.2 Å². The van der Waals surface area contributed by atoms with Crippen LogP contribution in [0, 0.1) is 0 Å². The van der Waals surface area contributed by atoms with Crippen LogP contribution in [0.3, 0.4) is 0 Å². The summed E-state index contributed by atoms with van der Waals surface area (Å²) in [6, 6.07) is 22.5. The van der Waals surface area contributed by atoms with Gasteiger partial charge in [-0.05, 0) is 41.3 Å². The minimum Gasteiger partial charge on any atom is -0.480 e. The lowest BCUT2D eigenvalue weighted by atomic mass is 9.98. The fourth-order valence-corrected chi connectivity index (χ4v) is 3.40. The van der Waals surface area contributed by atoms with Crippen molar-refractivity contribution in [3.05, 3.63) is 114 Å². The second-order valence-electron chi connectivity index (χ2n) is 7.60. The molecule has 3 rings (SSSR count). The number of anilines is 1. The van der Waals surface area contributed by atoms with Crippen molar-refractivity contribution < 1.29 is 24.2 Å². The number of carboxylic acid groups (broad SMARTS) is 1. The SMILES string of the molecule is C=CCOC(=O)Nc1ccc(CC(NC(=O)c2ccccc2Cc2ccccc2)C(=O)O)cc1.